The van der Waals surface area contributed by atoms with Crippen LogP contribution in [-0.2, 0) is 4.74 Å². The zero-order chi connectivity index (χ0) is 26.6. The van der Waals surface area contributed by atoms with E-state index in [2.05, 4.69) is 20.6 Å². The highest BCUT2D eigenvalue weighted by atomic mass is 32.1. The Balaban J connectivity index is 1.30. The second kappa shape index (κ2) is 10.8. The molecule has 1 unspecified atom stereocenters. The van der Waals surface area contributed by atoms with Gasteiger partial charge < -0.3 is 29.7 Å². The molecule has 1 aliphatic heterocycles. The van der Waals surface area contributed by atoms with Crippen molar-refractivity contribution in [1.82, 2.24) is 25.3 Å². The summed E-state index contributed by atoms with van der Waals surface area (Å²) in [6.07, 6.45) is 0.732. The van der Waals surface area contributed by atoms with Gasteiger partial charge in [0.05, 0.1) is 32.4 Å². The van der Waals surface area contributed by atoms with E-state index in [1.165, 1.54) is 25.6 Å². The number of pyridine rings is 1. The van der Waals surface area contributed by atoms with Gasteiger partial charge in [-0.25, -0.2) is 9.78 Å². The molecule has 1 atom stereocenters. The van der Waals surface area contributed by atoms with Gasteiger partial charge in [0.1, 0.15) is 11.3 Å². The average Bonchev–Trinajstić information content (AvgIpc) is 3.62. The van der Waals surface area contributed by atoms with E-state index >= 15 is 0 Å². The number of amides is 1. The van der Waals surface area contributed by atoms with Crippen molar-refractivity contribution in [3.8, 4) is 11.6 Å². The van der Waals surface area contributed by atoms with Gasteiger partial charge in [0.2, 0.25) is 5.95 Å². The third kappa shape index (κ3) is 5.13. The molecule has 5 rings (SSSR count). The molecule has 13 heteroatoms. The van der Waals surface area contributed by atoms with E-state index in [4.69, 9.17) is 24.2 Å². The summed E-state index contributed by atoms with van der Waals surface area (Å²) in [6.45, 7) is 1.22. The van der Waals surface area contributed by atoms with Crippen LogP contribution in [0, 0.1) is 0 Å². The van der Waals surface area contributed by atoms with Gasteiger partial charge in [-0.2, -0.15) is 15.0 Å². The van der Waals surface area contributed by atoms with Gasteiger partial charge in [-0.1, -0.05) is 0 Å². The minimum absolute atomic E-state index is 0.0903. The lowest BCUT2D eigenvalue weighted by atomic mass is 10.1. The number of hydrogen-bond acceptors (Lipinski definition) is 12. The van der Waals surface area contributed by atoms with Gasteiger partial charge in [-0.05, 0) is 42.8 Å². The molecular formula is C25H25N7O5S. The number of carbonyl (C=O) groups is 2. The number of anilines is 3. The second-order valence-corrected chi connectivity index (χ2v) is 9.22. The van der Waals surface area contributed by atoms with Crippen molar-refractivity contribution in [2.75, 3.05) is 44.6 Å². The summed E-state index contributed by atoms with van der Waals surface area (Å²) in [7, 11) is 4.39. The number of ether oxygens (including phenoxy) is 3. The summed E-state index contributed by atoms with van der Waals surface area (Å²) >= 11 is 1.42. The molecule has 0 radical (unpaired) electrons. The van der Waals surface area contributed by atoms with Crippen molar-refractivity contribution in [1.29, 1.82) is 0 Å². The molecule has 3 aromatic heterocycles. The highest BCUT2D eigenvalue weighted by molar-refractivity contribution is 7.16. The molecule has 1 aromatic carbocycles. The minimum atomic E-state index is -0.447. The Hall–Kier alpha value is -4.52. The maximum absolute atomic E-state index is 12.8. The predicted molar refractivity (Wildman–Crippen MR) is 142 cm³/mol. The van der Waals surface area contributed by atoms with E-state index < -0.39 is 5.97 Å². The van der Waals surface area contributed by atoms with E-state index in [1.807, 2.05) is 4.90 Å². The lowest BCUT2D eigenvalue weighted by molar-refractivity contribution is 0.0600. The molecule has 0 bridgehead atoms. The highest BCUT2D eigenvalue weighted by Gasteiger charge is 2.27. The number of rotatable bonds is 8. The highest BCUT2D eigenvalue weighted by Crippen LogP contribution is 2.31. The number of hydrogen-bond donors (Lipinski definition) is 2. The summed E-state index contributed by atoms with van der Waals surface area (Å²) in [4.78, 5) is 45.4. The fourth-order valence-electron chi connectivity index (χ4n) is 4.10. The number of nitrogens with zero attached hydrogens (tertiary/aromatic N) is 5. The van der Waals surface area contributed by atoms with Gasteiger partial charge in [0, 0.05) is 24.7 Å². The number of esters is 1. The first kappa shape index (κ1) is 25.1. The molecule has 0 spiro atoms. The Kier molecular flexibility index (Phi) is 7.18. The molecular weight excluding hydrogens is 510 g/mol. The number of benzene rings is 1. The van der Waals surface area contributed by atoms with Crippen molar-refractivity contribution in [2.45, 2.75) is 12.5 Å². The average molecular weight is 536 g/mol. The van der Waals surface area contributed by atoms with E-state index in [-0.39, 0.29) is 11.9 Å². The van der Waals surface area contributed by atoms with Crippen LogP contribution in [0.3, 0.4) is 0 Å². The summed E-state index contributed by atoms with van der Waals surface area (Å²) in [6, 6.07) is 9.78. The Morgan fingerprint density at radius 1 is 1.00 bits per heavy atom. The van der Waals surface area contributed by atoms with Gasteiger partial charge in [-0.3, -0.25) is 4.79 Å². The van der Waals surface area contributed by atoms with Crippen LogP contribution >= 0.6 is 11.3 Å². The zero-order valence-corrected chi connectivity index (χ0v) is 21.7. The quantitative estimate of drug-likeness (QED) is 0.322. The topological polar surface area (TPSA) is 141 Å². The minimum Gasteiger partial charge on any atom is -0.491 e. The Morgan fingerprint density at radius 3 is 2.53 bits per heavy atom. The van der Waals surface area contributed by atoms with Crippen LogP contribution in [0.4, 0.5) is 17.6 Å². The molecule has 1 aliphatic rings. The Labute approximate surface area is 222 Å². The van der Waals surface area contributed by atoms with Crippen LogP contribution in [0.5, 0.6) is 11.6 Å². The molecule has 196 valence electrons. The first-order valence-corrected chi connectivity index (χ1v) is 12.6. The smallest absolute Gasteiger partial charge is 0.337 e. The Bertz CT molecular complexity index is 1480. The molecule has 2 N–H and O–H groups in total. The van der Waals surface area contributed by atoms with Crippen molar-refractivity contribution >= 4 is 51.1 Å². The molecule has 4 aromatic rings. The number of methoxy groups -OCH3 is 3. The largest absolute Gasteiger partial charge is 0.491 e. The number of carbonyl (C=O) groups excluding carboxylic acids is 2. The zero-order valence-electron chi connectivity index (χ0n) is 20.9. The maximum Gasteiger partial charge on any atom is 0.337 e. The first-order valence-electron chi connectivity index (χ1n) is 11.7. The third-order valence-electron chi connectivity index (χ3n) is 6.05. The molecule has 0 saturated carbocycles. The van der Waals surface area contributed by atoms with Crippen molar-refractivity contribution in [3.63, 3.8) is 0 Å². The van der Waals surface area contributed by atoms with Crippen LogP contribution < -0.4 is 25.0 Å². The molecule has 1 amide bonds. The van der Waals surface area contributed by atoms with E-state index in [0.717, 1.165) is 11.3 Å². The van der Waals surface area contributed by atoms with Crippen molar-refractivity contribution in [2.24, 2.45) is 0 Å². The molecule has 0 aliphatic carbocycles. The van der Waals surface area contributed by atoms with Crippen molar-refractivity contribution in [3.05, 3.63) is 53.0 Å². The number of fused-ring (bicyclic) bond motifs is 1. The molecule has 12 nitrogen and oxygen atoms in total. The fraction of sp³-hybridized carbons (Fsp3) is 0.280. The molecule has 1 saturated heterocycles. The number of nitrogens with one attached hydrogen (secondary N) is 2. The number of aromatic nitrogens is 4. The van der Waals surface area contributed by atoms with Crippen LogP contribution in [0.2, 0.25) is 0 Å². The lowest BCUT2D eigenvalue weighted by Crippen LogP contribution is -2.37. The SMILES string of the molecule is COC(=O)c1ccc(C(=O)NC2CCN(c3nc(Nc4ccc(OC)c(OC)n4)c4ncsc4n3)C2)cc1. The van der Waals surface area contributed by atoms with Crippen LogP contribution in [0.1, 0.15) is 27.1 Å². The lowest BCUT2D eigenvalue weighted by Gasteiger charge is -2.18. The normalized spacial score (nSPS) is 14.8. The summed E-state index contributed by atoms with van der Waals surface area (Å²) < 4.78 is 15.3. The van der Waals surface area contributed by atoms with Gasteiger partial charge in [0.25, 0.3) is 11.8 Å². The predicted octanol–water partition coefficient (Wildman–Crippen LogP) is 3.04. The van der Waals surface area contributed by atoms with Crippen LogP contribution in [-0.4, -0.2) is 72.3 Å². The molecule has 38 heavy (non-hydrogen) atoms. The summed E-state index contributed by atoms with van der Waals surface area (Å²) in [5, 5.41) is 6.28. The summed E-state index contributed by atoms with van der Waals surface area (Å²) in [5.74, 6) is 1.77. The second-order valence-electron chi connectivity index (χ2n) is 8.39. The summed E-state index contributed by atoms with van der Waals surface area (Å²) in [5.41, 5.74) is 3.20. The first-order chi connectivity index (χ1) is 18.5. The fourth-order valence-corrected chi connectivity index (χ4v) is 4.76. The van der Waals surface area contributed by atoms with Gasteiger partial charge in [0.15, 0.2) is 16.4 Å². The monoisotopic (exact) mass is 535 g/mol. The molecule has 4 heterocycles. The maximum atomic E-state index is 12.8. The van der Waals surface area contributed by atoms with E-state index in [1.54, 1.807) is 49.0 Å². The van der Waals surface area contributed by atoms with E-state index in [9.17, 15) is 9.59 Å². The van der Waals surface area contributed by atoms with Crippen molar-refractivity contribution < 1.29 is 23.8 Å². The molecule has 1 fully saturated rings. The standard InChI is InChI=1S/C25H25N7O5S/c1-35-17-8-9-18(29-22(17)36-2)28-20-19-23(38-13-26-19)31-25(30-20)32-11-10-16(12-32)27-21(33)14-4-6-15(7-5-14)24(34)37-3/h4-9,13,16H,10-12H2,1-3H3,(H,27,33)(H,28,29,30,31). The van der Waals surface area contributed by atoms with E-state index in [0.29, 0.717) is 58.9 Å². The van der Waals surface area contributed by atoms with Crippen LogP contribution in [0.15, 0.2) is 41.9 Å². The number of thiazole rings is 1. The van der Waals surface area contributed by atoms with Gasteiger partial charge in [-0.15, -0.1) is 11.3 Å². The third-order valence-corrected chi connectivity index (χ3v) is 6.76. The van der Waals surface area contributed by atoms with Crippen LogP contribution in [0.25, 0.3) is 10.3 Å². The Morgan fingerprint density at radius 2 is 1.79 bits per heavy atom. The van der Waals surface area contributed by atoms with Gasteiger partial charge >= 0.3 is 5.97 Å².